The number of aromatic nitrogens is 2. The average Bonchev–Trinajstić information content (AvgIpc) is 2.30. The second kappa shape index (κ2) is 4.86. The molecular formula is C12H9ClN2O. The van der Waals surface area contributed by atoms with Gasteiger partial charge in [0.25, 0.3) is 0 Å². The summed E-state index contributed by atoms with van der Waals surface area (Å²) in [6.07, 6.45) is 2.58. The van der Waals surface area contributed by atoms with Crippen LogP contribution in [0.1, 0.15) is 5.69 Å². The first-order chi connectivity index (χ1) is 7.79. The van der Waals surface area contributed by atoms with Crippen LogP contribution in [-0.2, 0) is 11.2 Å². The first kappa shape index (κ1) is 10.8. The van der Waals surface area contributed by atoms with Crippen molar-refractivity contribution in [3.05, 3.63) is 47.4 Å². The van der Waals surface area contributed by atoms with Crippen LogP contribution in [-0.4, -0.2) is 16.3 Å². The van der Waals surface area contributed by atoms with Crippen LogP contribution < -0.4 is 0 Å². The van der Waals surface area contributed by atoms with Gasteiger partial charge in [-0.1, -0.05) is 23.7 Å². The summed E-state index contributed by atoms with van der Waals surface area (Å²) in [6.45, 7) is 0. The van der Waals surface area contributed by atoms with Gasteiger partial charge in [0.2, 0.25) is 0 Å². The number of hydrogen-bond acceptors (Lipinski definition) is 3. The fourth-order valence-electron chi connectivity index (χ4n) is 1.40. The molecule has 0 N–H and O–H groups in total. The van der Waals surface area contributed by atoms with Crippen molar-refractivity contribution in [3.8, 4) is 11.3 Å². The second-order valence-corrected chi connectivity index (χ2v) is 3.71. The van der Waals surface area contributed by atoms with Crippen molar-refractivity contribution in [3.63, 3.8) is 0 Å². The molecule has 2 aromatic rings. The van der Waals surface area contributed by atoms with Crippen molar-refractivity contribution in [2.24, 2.45) is 0 Å². The molecule has 1 aromatic heterocycles. The molecule has 80 valence electrons. The number of nitrogens with zero attached hydrogens (tertiary/aromatic N) is 2. The lowest BCUT2D eigenvalue weighted by atomic mass is 10.1. The zero-order chi connectivity index (χ0) is 11.4. The third-order valence-corrected chi connectivity index (χ3v) is 2.37. The lowest BCUT2D eigenvalue weighted by molar-refractivity contribution is -0.107. The molecule has 2 rings (SSSR count). The quantitative estimate of drug-likeness (QED) is 0.764. The summed E-state index contributed by atoms with van der Waals surface area (Å²) in [7, 11) is 0. The van der Waals surface area contributed by atoms with E-state index in [0.717, 1.165) is 17.5 Å². The van der Waals surface area contributed by atoms with Gasteiger partial charge >= 0.3 is 0 Å². The Hall–Kier alpha value is -1.74. The molecule has 0 aliphatic heterocycles. The smallest absolute Gasteiger partial charge is 0.125 e. The van der Waals surface area contributed by atoms with Gasteiger partial charge in [0.15, 0.2) is 0 Å². The lowest BCUT2D eigenvalue weighted by Gasteiger charge is -2.02. The molecule has 0 saturated heterocycles. The van der Waals surface area contributed by atoms with E-state index in [9.17, 15) is 4.79 Å². The molecule has 1 heterocycles. The van der Waals surface area contributed by atoms with Crippen molar-refractivity contribution < 1.29 is 4.79 Å². The number of carbonyl (C=O) groups is 1. The van der Waals surface area contributed by atoms with Crippen molar-refractivity contribution in [2.75, 3.05) is 0 Å². The average molecular weight is 233 g/mol. The first-order valence-electron chi connectivity index (χ1n) is 4.80. The molecule has 1 aromatic carbocycles. The molecular weight excluding hydrogens is 224 g/mol. The van der Waals surface area contributed by atoms with Gasteiger partial charge in [0, 0.05) is 17.0 Å². The van der Waals surface area contributed by atoms with Crippen LogP contribution in [0.5, 0.6) is 0 Å². The molecule has 0 unspecified atom stereocenters. The monoisotopic (exact) mass is 232 g/mol. The minimum Gasteiger partial charge on any atom is -0.303 e. The third-order valence-electron chi connectivity index (χ3n) is 2.14. The van der Waals surface area contributed by atoms with Gasteiger partial charge in [-0.05, 0) is 18.2 Å². The van der Waals surface area contributed by atoms with E-state index in [-0.39, 0.29) is 0 Å². The van der Waals surface area contributed by atoms with Gasteiger partial charge in [-0.3, -0.25) is 0 Å². The van der Waals surface area contributed by atoms with Crippen LogP contribution in [0.25, 0.3) is 11.3 Å². The van der Waals surface area contributed by atoms with Gasteiger partial charge in [-0.2, -0.15) is 0 Å². The van der Waals surface area contributed by atoms with Gasteiger partial charge in [-0.25, -0.2) is 9.97 Å². The Morgan fingerprint density at radius 3 is 2.88 bits per heavy atom. The van der Waals surface area contributed by atoms with Gasteiger partial charge in [0.05, 0.1) is 11.4 Å². The summed E-state index contributed by atoms with van der Waals surface area (Å²) >= 11 is 5.90. The maximum absolute atomic E-state index is 10.4. The zero-order valence-electron chi connectivity index (χ0n) is 8.43. The normalized spacial score (nSPS) is 10.1. The predicted molar refractivity (Wildman–Crippen MR) is 62.2 cm³/mol. The Balaban J connectivity index is 2.40. The van der Waals surface area contributed by atoms with Crippen molar-refractivity contribution in [1.82, 2.24) is 9.97 Å². The maximum Gasteiger partial charge on any atom is 0.125 e. The molecule has 0 saturated carbocycles. The largest absolute Gasteiger partial charge is 0.303 e. The fourth-order valence-corrected chi connectivity index (χ4v) is 1.59. The Morgan fingerprint density at radius 1 is 1.25 bits per heavy atom. The van der Waals surface area contributed by atoms with Crippen LogP contribution in [0.2, 0.25) is 5.02 Å². The van der Waals surface area contributed by atoms with E-state index in [1.54, 1.807) is 12.1 Å². The summed E-state index contributed by atoms with van der Waals surface area (Å²) in [5, 5.41) is 0.660. The molecule has 16 heavy (non-hydrogen) atoms. The third kappa shape index (κ3) is 2.44. The van der Waals surface area contributed by atoms with E-state index in [0.29, 0.717) is 17.1 Å². The summed E-state index contributed by atoms with van der Waals surface area (Å²) in [5.74, 6) is 0. The van der Waals surface area contributed by atoms with E-state index in [1.165, 1.54) is 6.33 Å². The second-order valence-electron chi connectivity index (χ2n) is 3.28. The molecule has 0 spiro atoms. The molecule has 0 aliphatic rings. The minimum atomic E-state index is 0.302. The number of hydrogen-bond donors (Lipinski definition) is 0. The first-order valence-corrected chi connectivity index (χ1v) is 5.18. The van der Waals surface area contributed by atoms with Crippen LogP contribution in [0.4, 0.5) is 0 Å². The van der Waals surface area contributed by atoms with E-state index in [1.807, 2.05) is 18.2 Å². The molecule has 0 atom stereocenters. The highest BCUT2D eigenvalue weighted by atomic mass is 35.5. The fraction of sp³-hybridized carbons (Fsp3) is 0.0833. The van der Waals surface area contributed by atoms with E-state index < -0.39 is 0 Å². The maximum atomic E-state index is 10.4. The van der Waals surface area contributed by atoms with Crippen molar-refractivity contribution in [2.45, 2.75) is 6.42 Å². The van der Waals surface area contributed by atoms with Crippen molar-refractivity contribution in [1.29, 1.82) is 0 Å². The summed E-state index contributed by atoms with van der Waals surface area (Å²) in [5.41, 5.74) is 2.40. The van der Waals surface area contributed by atoms with Crippen LogP contribution in [0.15, 0.2) is 36.7 Å². The highest BCUT2D eigenvalue weighted by molar-refractivity contribution is 6.30. The van der Waals surface area contributed by atoms with Crippen LogP contribution in [0, 0.1) is 0 Å². The highest BCUT2D eigenvalue weighted by Crippen LogP contribution is 2.20. The lowest BCUT2D eigenvalue weighted by Crippen LogP contribution is -1.93. The van der Waals surface area contributed by atoms with Crippen molar-refractivity contribution >= 4 is 17.9 Å². The number of aldehydes is 1. The Kier molecular flexibility index (Phi) is 3.27. The molecule has 0 radical (unpaired) electrons. The molecule has 4 heteroatoms. The Labute approximate surface area is 98.1 Å². The van der Waals surface area contributed by atoms with Crippen LogP contribution in [0.3, 0.4) is 0 Å². The highest BCUT2D eigenvalue weighted by Gasteiger charge is 2.02. The van der Waals surface area contributed by atoms with Gasteiger partial charge < -0.3 is 4.79 Å². The topological polar surface area (TPSA) is 42.9 Å². The minimum absolute atomic E-state index is 0.302. The molecule has 0 aliphatic carbocycles. The van der Waals surface area contributed by atoms with E-state index >= 15 is 0 Å². The number of benzene rings is 1. The summed E-state index contributed by atoms with van der Waals surface area (Å²) < 4.78 is 0. The van der Waals surface area contributed by atoms with Gasteiger partial charge in [0.1, 0.15) is 12.6 Å². The Morgan fingerprint density at radius 2 is 2.12 bits per heavy atom. The molecule has 0 amide bonds. The number of rotatable bonds is 3. The summed E-state index contributed by atoms with van der Waals surface area (Å²) in [6, 6.07) is 9.20. The molecule has 0 fully saturated rings. The molecule has 0 bridgehead atoms. The van der Waals surface area contributed by atoms with Gasteiger partial charge in [-0.15, -0.1) is 0 Å². The standard InChI is InChI=1S/C12H9ClN2O/c13-10-3-1-2-9(6-10)12-7-11(4-5-16)14-8-15-12/h1-3,5-8H,4H2. The van der Waals surface area contributed by atoms with Crippen LogP contribution >= 0.6 is 11.6 Å². The predicted octanol–water partition coefficient (Wildman–Crippen LogP) is 2.54. The van der Waals surface area contributed by atoms with E-state index in [4.69, 9.17) is 11.6 Å². The zero-order valence-corrected chi connectivity index (χ0v) is 9.19. The van der Waals surface area contributed by atoms with E-state index in [2.05, 4.69) is 9.97 Å². The SMILES string of the molecule is O=CCc1cc(-c2cccc(Cl)c2)ncn1. The Bertz CT molecular complexity index is 514. The number of halogens is 1. The number of carbonyl (C=O) groups excluding carboxylic acids is 1. The summed E-state index contributed by atoms with van der Waals surface area (Å²) in [4.78, 5) is 18.5. The molecule has 3 nitrogen and oxygen atoms in total.